The van der Waals surface area contributed by atoms with Crippen LogP contribution in [0.25, 0.3) is 0 Å². The summed E-state index contributed by atoms with van der Waals surface area (Å²) in [5.41, 5.74) is 2.29. The van der Waals surface area contributed by atoms with Gasteiger partial charge in [0.1, 0.15) is 16.4 Å². The van der Waals surface area contributed by atoms with Crippen LogP contribution < -0.4 is 4.74 Å². The zero-order chi connectivity index (χ0) is 18.7. The fourth-order valence-corrected chi connectivity index (χ4v) is 3.90. The van der Waals surface area contributed by atoms with Gasteiger partial charge in [-0.3, -0.25) is 0 Å². The van der Waals surface area contributed by atoms with Crippen molar-refractivity contribution in [1.29, 1.82) is 0 Å². The molecule has 3 aromatic carbocycles. The molecule has 0 aliphatic carbocycles. The van der Waals surface area contributed by atoms with Crippen molar-refractivity contribution in [3.05, 3.63) is 119 Å². The molecule has 27 heavy (non-hydrogen) atoms. The molecule has 3 nitrogen and oxygen atoms in total. The Bertz CT molecular complexity index is 989. The number of para-hydroxylation sites is 1. The SMILES string of the molecule is COc1ccccc1C(c1ccccc1)(c1ccccc1)n1nccc1Cl. The number of halogens is 1. The van der Waals surface area contributed by atoms with Crippen LogP contribution in [-0.4, -0.2) is 16.9 Å². The van der Waals surface area contributed by atoms with Crippen LogP contribution in [0.1, 0.15) is 16.7 Å². The minimum atomic E-state index is -0.768. The molecule has 0 aliphatic rings. The second-order valence-electron chi connectivity index (χ2n) is 6.21. The van der Waals surface area contributed by atoms with Gasteiger partial charge in [0.05, 0.1) is 13.3 Å². The van der Waals surface area contributed by atoms with Crippen LogP contribution in [0, 0.1) is 0 Å². The molecule has 0 amide bonds. The maximum atomic E-state index is 6.63. The Morgan fingerprint density at radius 3 is 1.85 bits per heavy atom. The van der Waals surface area contributed by atoms with E-state index in [2.05, 4.69) is 35.4 Å². The van der Waals surface area contributed by atoms with Crippen LogP contribution in [-0.2, 0) is 5.54 Å². The van der Waals surface area contributed by atoms with Gasteiger partial charge < -0.3 is 4.74 Å². The summed E-state index contributed by atoms with van der Waals surface area (Å²) >= 11 is 6.63. The molecular formula is C23H19ClN2O. The highest BCUT2D eigenvalue weighted by Gasteiger charge is 2.42. The van der Waals surface area contributed by atoms with E-state index in [1.165, 1.54) is 0 Å². The van der Waals surface area contributed by atoms with Crippen LogP contribution in [0.2, 0.25) is 5.15 Å². The lowest BCUT2D eigenvalue weighted by Crippen LogP contribution is -2.39. The third-order valence-corrected chi connectivity index (χ3v) is 5.08. The van der Waals surface area contributed by atoms with E-state index >= 15 is 0 Å². The molecule has 1 heterocycles. The lowest BCUT2D eigenvalue weighted by Gasteiger charge is -2.37. The first-order valence-electron chi connectivity index (χ1n) is 8.73. The van der Waals surface area contributed by atoms with Crippen molar-refractivity contribution in [2.75, 3.05) is 7.11 Å². The number of hydrogen-bond acceptors (Lipinski definition) is 2. The Hall–Kier alpha value is -3.04. The zero-order valence-corrected chi connectivity index (χ0v) is 15.7. The van der Waals surface area contributed by atoms with Crippen molar-refractivity contribution >= 4 is 11.6 Å². The van der Waals surface area contributed by atoms with Crippen LogP contribution in [0.5, 0.6) is 5.75 Å². The van der Waals surface area contributed by atoms with Crippen LogP contribution >= 0.6 is 11.6 Å². The monoisotopic (exact) mass is 374 g/mol. The first-order chi connectivity index (χ1) is 13.3. The molecule has 0 fully saturated rings. The molecule has 0 saturated heterocycles. The quantitative estimate of drug-likeness (QED) is 0.438. The lowest BCUT2D eigenvalue weighted by atomic mass is 9.76. The van der Waals surface area contributed by atoms with Crippen LogP contribution in [0.4, 0.5) is 0 Å². The predicted molar refractivity (Wildman–Crippen MR) is 108 cm³/mol. The summed E-state index contributed by atoms with van der Waals surface area (Å²) in [4.78, 5) is 0. The van der Waals surface area contributed by atoms with Gasteiger partial charge >= 0.3 is 0 Å². The van der Waals surface area contributed by atoms with Gasteiger partial charge in [-0.1, -0.05) is 90.5 Å². The average molecular weight is 375 g/mol. The first kappa shape index (κ1) is 17.4. The van der Waals surface area contributed by atoms with E-state index in [-0.39, 0.29) is 0 Å². The molecule has 0 spiro atoms. The average Bonchev–Trinajstić information content (AvgIpc) is 3.17. The molecule has 134 valence electrons. The van der Waals surface area contributed by atoms with Gasteiger partial charge in [-0.05, 0) is 23.3 Å². The molecule has 4 aromatic rings. The lowest BCUT2D eigenvalue weighted by molar-refractivity contribution is 0.383. The fourth-order valence-electron chi connectivity index (χ4n) is 3.67. The highest BCUT2D eigenvalue weighted by Crippen LogP contribution is 2.45. The smallest absolute Gasteiger partial charge is 0.143 e. The highest BCUT2D eigenvalue weighted by atomic mass is 35.5. The van der Waals surface area contributed by atoms with E-state index in [4.69, 9.17) is 16.3 Å². The predicted octanol–water partition coefficient (Wildman–Crippen LogP) is 5.39. The molecule has 0 N–H and O–H groups in total. The highest BCUT2D eigenvalue weighted by molar-refractivity contribution is 6.29. The molecule has 0 atom stereocenters. The maximum absolute atomic E-state index is 6.63. The van der Waals surface area contributed by atoms with Gasteiger partial charge in [0.2, 0.25) is 0 Å². The van der Waals surface area contributed by atoms with Gasteiger partial charge in [-0.15, -0.1) is 0 Å². The summed E-state index contributed by atoms with van der Waals surface area (Å²) in [6.07, 6.45) is 1.72. The Morgan fingerprint density at radius 1 is 0.778 bits per heavy atom. The Kier molecular flexibility index (Phi) is 4.69. The van der Waals surface area contributed by atoms with Crippen LogP contribution in [0.3, 0.4) is 0 Å². The van der Waals surface area contributed by atoms with Gasteiger partial charge in [-0.2, -0.15) is 5.10 Å². The van der Waals surface area contributed by atoms with Crippen molar-refractivity contribution in [1.82, 2.24) is 9.78 Å². The topological polar surface area (TPSA) is 27.1 Å². The first-order valence-corrected chi connectivity index (χ1v) is 9.11. The van der Waals surface area contributed by atoms with Crippen molar-refractivity contribution < 1.29 is 4.74 Å². The van der Waals surface area contributed by atoms with Gasteiger partial charge in [0.25, 0.3) is 0 Å². The van der Waals surface area contributed by atoms with E-state index < -0.39 is 5.54 Å². The molecule has 0 radical (unpaired) electrons. The molecule has 0 saturated carbocycles. The minimum absolute atomic E-state index is 0.550. The van der Waals surface area contributed by atoms with Crippen molar-refractivity contribution in [3.8, 4) is 5.75 Å². The number of methoxy groups -OCH3 is 1. The van der Waals surface area contributed by atoms with Gasteiger partial charge in [-0.25, -0.2) is 4.68 Å². The summed E-state index contributed by atoms with van der Waals surface area (Å²) in [5.74, 6) is 0.775. The third kappa shape index (κ3) is 2.81. The van der Waals surface area contributed by atoms with E-state index in [9.17, 15) is 0 Å². The minimum Gasteiger partial charge on any atom is -0.496 e. The molecule has 0 unspecified atom stereocenters. The van der Waals surface area contributed by atoms with E-state index in [0.717, 1.165) is 22.4 Å². The fraction of sp³-hybridized carbons (Fsp3) is 0.0870. The maximum Gasteiger partial charge on any atom is 0.143 e. The second kappa shape index (κ2) is 7.29. The zero-order valence-electron chi connectivity index (χ0n) is 14.9. The van der Waals surface area contributed by atoms with Crippen molar-refractivity contribution in [2.45, 2.75) is 5.54 Å². The number of ether oxygens (including phenoxy) is 1. The Morgan fingerprint density at radius 2 is 1.33 bits per heavy atom. The molecular weight excluding hydrogens is 356 g/mol. The largest absolute Gasteiger partial charge is 0.496 e. The van der Waals surface area contributed by atoms with Crippen molar-refractivity contribution in [3.63, 3.8) is 0 Å². The molecule has 0 bridgehead atoms. The number of nitrogens with zero attached hydrogens (tertiary/aromatic N) is 2. The molecule has 4 rings (SSSR count). The van der Waals surface area contributed by atoms with E-state index in [1.807, 2.05) is 59.3 Å². The Balaban J connectivity index is 2.19. The van der Waals surface area contributed by atoms with E-state index in [1.54, 1.807) is 19.4 Å². The summed E-state index contributed by atoms with van der Waals surface area (Å²) in [7, 11) is 1.68. The summed E-state index contributed by atoms with van der Waals surface area (Å²) in [5, 5.41) is 5.17. The molecule has 4 heteroatoms. The number of hydrogen-bond donors (Lipinski definition) is 0. The number of rotatable bonds is 5. The standard InChI is InChI=1S/C23H19ClN2O/c1-27-21-15-9-8-14-20(21)23(18-10-4-2-5-11-18,19-12-6-3-7-13-19)26-22(24)16-17-25-26/h2-17H,1H3. The summed E-state index contributed by atoms with van der Waals surface area (Å²) < 4.78 is 7.61. The van der Waals surface area contributed by atoms with E-state index in [0.29, 0.717) is 5.15 Å². The molecule has 1 aromatic heterocycles. The van der Waals surface area contributed by atoms with Crippen molar-refractivity contribution in [2.24, 2.45) is 0 Å². The number of aromatic nitrogens is 2. The van der Waals surface area contributed by atoms with Gasteiger partial charge in [0, 0.05) is 5.56 Å². The Labute approximate surface area is 163 Å². The summed E-state index contributed by atoms with van der Waals surface area (Å²) in [6.45, 7) is 0. The number of benzene rings is 3. The summed E-state index contributed by atoms with van der Waals surface area (Å²) in [6, 6.07) is 30.3. The van der Waals surface area contributed by atoms with Crippen LogP contribution in [0.15, 0.2) is 97.2 Å². The third-order valence-electron chi connectivity index (χ3n) is 4.79. The second-order valence-corrected chi connectivity index (χ2v) is 6.60. The van der Waals surface area contributed by atoms with Gasteiger partial charge in [0.15, 0.2) is 0 Å². The molecule has 0 aliphatic heterocycles. The normalized spacial score (nSPS) is 11.3.